The fourth-order valence-electron chi connectivity index (χ4n) is 1.93. The van der Waals surface area contributed by atoms with Crippen LogP contribution in [0.4, 0.5) is 4.39 Å². The summed E-state index contributed by atoms with van der Waals surface area (Å²) in [6.45, 7) is 2.01. The van der Waals surface area contributed by atoms with Crippen LogP contribution in [-0.4, -0.2) is 11.0 Å². The van der Waals surface area contributed by atoms with Crippen molar-refractivity contribution in [2.45, 2.75) is 32.2 Å². The molecular weight excluding hydrogens is 247 g/mol. The summed E-state index contributed by atoms with van der Waals surface area (Å²) in [7, 11) is 0. The fourth-order valence-corrected chi connectivity index (χ4v) is 2.73. The molecule has 1 aromatic carbocycles. The Kier molecular flexibility index (Phi) is 4.44. The van der Waals surface area contributed by atoms with E-state index in [9.17, 15) is 4.39 Å². The van der Waals surface area contributed by atoms with E-state index in [2.05, 4.69) is 4.98 Å². The molecule has 2 aromatic rings. The number of aryl methyl sites for hydroxylation is 2. The molecule has 1 aromatic heterocycles. The lowest BCUT2D eigenvalue weighted by atomic mass is 10.0. The second kappa shape index (κ2) is 6.07. The van der Waals surface area contributed by atoms with E-state index in [0.717, 1.165) is 18.5 Å². The van der Waals surface area contributed by atoms with Crippen molar-refractivity contribution in [3.63, 3.8) is 0 Å². The molecule has 0 fully saturated rings. The average molecular weight is 264 g/mol. The van der Waals surface area contributed by atoms with Gasteiger partial charge in [-0.1, -0.05) is 18.2 Å². The number of nitrogens with two attached hydrogens (primary N) is 1. The van der Waals surface area contributed by atoms with Gasteiger partial charge in [-0.15, -0.1) is 11.3 Å². The zero-order chi connectivity index (χ0) is 13.0. The van der Waals surface area contributed by atoms with E-state index in [4.69, 9.17) is 5.73 Å². The molecular formula is C14H17FN2S. The number of rotatable bonds is 5. The van der Waals surface area contributed by atoms with Gasteiger partial charge in [-0.25, -0.2) is 9.37 Å². The molecule has 0 bridgehead atoms. The molecule has 0 aliphatic heterocycles. The summed E-state index contributed by atoms with van der Waals surface area (Å²) in [5, 5.41) is 0. The van der Waals surface area contributed by atoms with Crippen LogP contribution in [0.3, 0.4) is 0 Å². The monoisotopic (exact) mass is 264 g/mol. The van der Waals surface area contributed by atoms with Crippen molar-refractivity contribution < 1.29 is 4.39 Å². The van der Waals surface area contributed by atoms with Crippen molar-refractivity contribution in [3.8, 4) is 0 Å². The van der Waals surface area contributed by atoms with Crippen LogP contribution in [0.25, 0.3) is 0 Å². The van der Waals surface area contributed by atoms with E-state index in [0.29, 0.717) is 12.0 Å². The van der Waals surface area contributed by atoms with Crippen LogP contribution in [0.5, 0.6) is 0 Å². The molecule has 4 heteroatoms. The van der Waals surface area contributed by atoms with E-state index in [1.54, 1.807) is 23.5 Å². The van der Waals surface area contributed by atoms with Gasteiger partial charge in [0.25, 0.3) is 0 Å². The molecule has 2 nitrogen and oxygen atoms in total. The van der Waals surface area contributed by atoms with Gasteiger partial charge in [-0.2, -0.15) is 0 Å². The molecule has 2 rings (SSSR count). The third-order valence-electron chi connectivity index (χ3n) is 3.03. The number of nitrogens with zero attached hydrogens (tertiary/aromatic N) is 1. The Bertz CT molecular complexity index is 510. The molecule has 1 atom stereocenters. The van der Waals surface area contributed by atoms with Crippen molar-refractivity contribution >= 4 is 11.3 Å². The van der Waals surface area contributed by atoms with Crippen molar-refractivity contribution in [3.05, 3.63) is 51.7 Å². The predicted molar refractivity (Wildman–Crippen MR) is 73.3 cm³/mol. The minimum Gasteiger partial charge on any atom is -0.327 e. The first kappa shape index (κ1) is 13.2. The maximum absolute atomic E-state index is 13.5. The molecule has 0 aliphatic carbocycles. The summed E-state index contributed by atoms with van der Waals surface area (Å²) >= 11 is 1.66. The Balaban J connectivity index is 1.88. The van der Waals surface area contributed by atoms with Crippen LogP contribution in [0.2, 0.25) is 0 Å². The quantitative estimate of drug-likeness (QED) is 0.901. The van der Waals surface area contributed by atoms with Crippen LogP contribution in [0.1, 0.15) is 22.6 Å². The Morgan fingerprint density at radius 2 is 2.17 bits per heavy atom. The van der Waals surface area contributed by atoms with Gasteiger partial charge in [0.1, 0.15) is 5.82 Å². The summed E-state index contributed by atoms with van der Waals surface area (Å²) < 4.78 is 13.5. The third kappa shape index (κ3) is 3.37. The van der Waals surface area contributed by atoms with Gasteiger partial charge in [-0.3, -0.25) is 0 Å². The molecule has 0 aliphatic rings. The lowest BCUT2D eigenvalue weighted by molar-refractivity contribution is 0.567. The summed E-state index contributed by atoms with van der Waals surface area (Å²) in [5.74, 6) is -0.165. The standard InChI is InChI=1S/C14H17FN2S/c1-10-14(18-9-17-10)7-6-12(16)8-11-4-2-3-5-13(11)15/h2-5,9,12H,6-8,16H2,1H3. The molecule has 18 heavy (non-hydrogen) atoms. The normalized spacial score (nSPS) is 12.6. The fraction of sp³-hybridized carbons (Fsp3) is 0.357. The molecule has 2 N–H and O–H groups in total. The van der Waals surface area contributed by atoms with Gasteiger partial charge in [-0.05, 0) is 37.8 Å². The zero-order valence-corrected chi connectivity index (χ0v) is 11.2. The summed E-state index contributed by atoms with van der Waals surface area (Å²) in [5.41, 5.74) is 9.69. The number of hydrogen-bond acceptors (Lipinski definition) is 3. The SMILES string of the molecule is Cc1ncsc1CCC(N)Cc1ccccc1F. The van der Waals surface area contributed by atoms with Gasteiger partial charge < -0.3 is 5.73 Å². The Morgan fingerprint density at radius 3 is 2.83 bits per heavy atom. The molecule has 1 heterocycles. The van der Waals surface area contributed by atoms with Gasteiger partial charge in [0.05, 0.1) is 11.2 Å². The first-order valence-corrected chi connectivity index (χ1v) is 6.92. The lowest BCUT2D eigenvalue weighted by Gasteiger charge is -2.11. The Morgan fingerprint density at radius 1 is 1.39 bits per heavy atom. The number of thiazole rings is 1. The predicted octanol–water partition coefficient (Wildman–Crippen LogP) is 3.09. The van der Waals surface area contributed by atoms with E-state index < -0.39 is 0 Å². The molecule has 96 valence electrons. The zero-order valence-electron chi connectivity index (χ0n) is 10.4. The van der Waals surface area contributed by atoms with Gasteiger partial charge >= 0.3 is 0 Å². The maximum atomic E-state index is 13.5. The van der Waals surface area contributed by atoms with Crippen LogP contribution < -0.4 is 5.73 Å². The Hall–Kier alpha value is -1.26. The Labute approximate surface area is 111 Å². The average Bonchev–Trinajstić information content (AvgIpc) is 2.75. The first-order chi connectivity index (χ1) is 8.66. The maximum Gasteiger partial charge on any atom is 0.126 e. The second-order valence-electron chi connectivity index (χ2n) is 4.46. The second-order valence-corrected chi connectivity index (χ2v) is 5.39. The number of halogens is 1. The molecule has 0 radical (unpaired) electrons. The third-order valence-corrected chi connectivity index (χ3v) is 4.02. The first-order valence-electron chi connectivity index (χ1n) is 6.04. The van der Waals surface area contributed by atoms with Gasteiger partial charge in [0.2, 0.25) is 0 Å². The van der Waals surface area contributed by atoms with Crippen LogP contribution >= 0.6 is 11.3 Å². The number of hydrogen-bond donors (Lipinski definition) is 1. The van der Waals surface area contributed by atoms with Gasteiger partial charge in [0.15, 0.2) is 0 Å². The van der Waals surface area contributed by atoms with E-state index in [1.165, 1.54) is 10.9 Å². The van der Waals surface area contributed by atoms with Crippen molar-refractivity contribution in [1.82, 2.24) is 4.98 Å². The van der Waals surface area contributed by atoms with Gasteiger partial charge in [0, 0.05) is 10.9 Å². The topological polar surface area (TPSA) is 38.9 Å². The van der Waals surface area contributed by atoms with Crippen molar-refractivity contribution in [2.24, 2.45) is 5.73 Å². The molecule has 0 saturated carbocycles. The largest absolute Gasteiger partial charge is 0.327 e. The van der Waals surface area contributed by atoms with E-state index in [1.807, 2.05) is 18.5 Å². The minimum absolute atomic E-state index is 0.0107. The summed E-state index contributed by atoms with van der Waals surface area (Å²) in [6.07, 6.45) is 2.37. The highest BCUT2D eigenvalue weighted by Crippen LogP contribution is 2.16. The van der Waals surface area contributed by atoms with E-state index in [-0.39, 0.29) is 11.9 Å². The molecule has 1 unspecified atom stereocenters. The lowest BCUT2D eigenvalue weighted by Crippen LogP contribution is -2.24. The highest BCUT2D eigenvalue weighted by molar-refractivity contribution is 7.09. The smallest absolute Gasteiger partial charge is 0.126 e. The van der Waals surface area contributed by atoms with Crippen LogP contribution in [-0.2, 0) is 12.8 Å². The minimum atomic E-state index is -0.165. The van der Waals surface area contributed by atoms with E-state index >= 15 is 0 Å². The highest BCUT2D eigenvalue weighted by atomic mass is 32.1. The molecule has 0 spiro atoms. The van der Waals surface area contributed by atoms with Crippen molar-refractivity contribution in [1.29, 1.82) is 0 Å². The number of benzene rings is 1. The highest BCUT2D eigenvalue weighted by Gasteiger charge is 2.09. The molecule has 0 saturated heterocycles. The van der Waals surface area contributed by atoms with Crippen LogP contribution in [0, 0.1) is 12.7 Å². The summed E-state index contributed by atoms with van der Waals surface area (Å²) in [4.78, 5) is 5.49. The van der Waals surface area contributed by atoms with Crippen molar-refractivity contribution in [2.75, 3.05) is 0 Å². The number of aromatic nitrogens is 1. The molecule has 0 amide bonds. The summed E-state index contributed by atoms with van der Waals surface area (Å²) in [6, 6.07) is 6.81. The van der Waals surface area contributed by atoms with Crippen LogP contribution in [0.15, 0.2) is 29.8 Å².